The van der Waals surface area contributed by atoms with Crippen LogP contribution >= 0.6 is 34.2 Å². The van der Waals surface area contributed by atoms with Crippen LogP contribution in [0, 0.1) is 3.57 Å². The number of hydrogen-bond acceptors (Lipinski definition) is 2. The highest BCUT2D eigenvalue weighted by atomic mass is 127. The number of aromatic nitrogens is 1. The number of halogens is 2. The highest BCUT2D eigenvalue weighted by molar-refractivity contribution is 14.1. The molecule has 0 saturated heterocycles. The molecule has 0 aliphatic rings. The Morgan fingerprint density at radius 2 is 1.90 bits per heavy atom. The fourth-order valence-electron chi connectivity index (χ4n) is 2.01. The maximum Gasteiger partial charge on any atom is 0.227 e. The van der Waals surface area contributed by atoms with Gasteiger partial charge < -0.3 is 4.74 Å². The molecular formula is C16H11ClINO. The molecule has 3 rings (SSSR count). The maximum atomic E-state index is 5.94. The number of rotatable bonds is 3. The van der Waals surface area contributed by atoms with E-state index in [4.69, 9.17) is 16.3 Å². The molecule has 0 bridgehead atoms. The van der Waals surface area contributed by atoms with Crippen molar-refractivity contribution in [1.29, 1.82) is 0 Å². The normalized spacial score (nSPS) is 10.7. The average molecular weight is 396 g/mol. The molecule has 20 heavy (non-hydrogen) atoms. The number of fused-ring (bicyclic) bond motifs is 1. The molecule has 1 heterocycles. The van der Waals surface area contributed by atoms with Gasteiger partial charge in [0.15, 0.2) is 0 Å². The third kappa shape index (κ3) is 2.88. The zero-order chi connectivity index (χ0) is 13.9. The molecule has 0 amide bonds. The second-order valence-corrected chi connectivity index (χ2v) is 5.85. The van der Waals surface area contributed by atoms with Crippen LogP contribution in [0.3, 0.4) is 0 Å². The summed E-state index contributed by atoms with van der Waals surface area (Å²) in [5.41, 5.74) is 0.811. The van der Waals surface area contributed by atoms with E-state index in [1.807, 2.05) is 54.6 Å². The summed E-state index contributed by atoms with van der Waals surface area (Å²) in [6.45, 7) is 0. The van der Waals surface area contributed by atoms with Crippen LogP contribution in [0.5, 0.6) is 11.6 Å². The number of benzene rings is 2. The highest BCUT2D eigenvalue weighted by Crippen LogP contribution is 2.29. The molecule has 0 spiro atoms. The molecule has 0 radical (unpaired) electrons. The Kier molecular flexibility index (Phi) is 4.08. The van der Waals surface area contributed by atoms with E-state index in [2.05, 4.69) is 27.6 Å². The van der Waals surface area contributed by atoms with E-state index in [0.717, 1.165) is 25.8 Å². The van der Waals surface area contributed by atoms with Gasteiger partial charge in [0, 0.05) is 8.96 Å². The van der Waals surface area contributed by atoms with Crippen molar-refractivity contribution in [1.82, 2.24) is 4.98 Å². The standard InChI is InChI=1S/C16H11ClINO/c17-10-13-8-11-4-1-2-7-15(11)16(19-13)20-14-6-3-5-12(18)9-14/h1-9H,10H2. The Morgan fingerprint density at radius 3 is 2.70 bits per heavy atom. The summed E-state index contributed by atoms with van der Waals surface area (Å²) in [5.74, 6) is 1.75. The first-order valence-corrected chi connectivity index (χ1v) is 7.75. The van der Waals surface area contributed by atoms with Crippen molar-refractivity contribution in [3.63, 3.8) is 0 Å². The van der Waals surface area contributed by atoms with Crippen LogP contribution in [-0.2, 0) is 5.88 Å². The van der Waals surface area contributed by atoms with Crippen molar-refractivity contribution in [3.05, 3.63) is 63.9 Å². The highest BCUT2D eigenvalue weighted by Gasteiger charge is 2.08. The fourth-order valence-corrected chi connectivity index (χ4v) is 2.66. The summed E-state index contributed by atoms with van der Waals surface area (Å²) in [6.07, 6.45) is 0. The predicted molar refractivity (Wildman–Crippen MR) is 90.5 cm³/mol. The van der Waals surface area contributed by atoms with E-state index >= 15 is 0 Å². The maximum absolute atomic E-state index is 5.94. The minimum Gasteiger partial charge on any atom is -0.438 e. The Bertz CT molecular complexity index is 760. The molecule has 0 aliphatic heterocycles. The Balaban J connectivity index is 2.10. The summed E-state index contributed by atoms with van der Waals surface area (Å²) >= 11 is 8.17. The Morgan fingerprint density at radius 1 is 1.05 bits per heavy atom. The number of ether oxygens (including phenoxy) is 1. The smallest absolute Gasteiger partial charge is 0.227 e. The molecule has 0 aliphatic carbocycles. The largest absolute Gasteiger partial charge is 0.438 e. The number of nitrogens with zero attached hydrogens (tertiary/aromatic N) is 1. The van der Waals surface area contributed by atoms with Gasteiger partial charge in [-0.05, 0) is 58.3 Å². The van der Waals surface area contributed by atoms with Gasteiger partial charge >= 0.3 is 0 Å². The molecule has 0 fully saturated rings. The van der Waals surface area contributed by atoms with Crippen LogP contribution in [0.15, 0.2) is 54.6 Å². The van der Waals surface area contributed by atoms with Crippen molar-refractivity contribution in [2.24, 2.45) is 0 Å². The fraction of sp³-hybridized carbons (Fsp3) is 0.0625. The molecule has 0 saturated carbocycles. The number of alkyl halides is 1. The van der Waals surface area contributed by atoms with Gasteiger partial charge in [0.1, 0.15) is 5.75 Å². The van der Waals surface area contributed by atoms with Crippen molar-refractivity contribution in [3.8, 4) is 11.6 Å². The minimum absolute atomic E-state index is 0.369. The van der Waals surface area contributed by atoms with Gasteiger partial charge in [-0.15, -0.1) is 11.6 Å². The van der Waals surface area contributed by atoms with Crippen molar-refractivity contribution < 1.29 is 4.74 Å². The van der Waals surface area contributed by atoms with Crippen molar-refractivity contribution in [2.75, 3.05) is 0 Å². The first-order valence-electron chi connectivity index (χ1n) is 6.14. The summed E-state index contributed by atoms with van der Waals surface area (Å²) in [5, 5.41) is 2.07. The van der Waals surface area contributed by atoms with Gasteiger partial charge in [0.25, 0.3) is 0 Å². The summed E-state index contributed by atoms with van der Waals surface area (Å²) in [4.78, 5) is 4.49. The molecular weight excluding hydrogens is 385 g/mol. The number of pyridine rings is 1. The van der Waals surface area contributed by atoms with E-state index < -0.39 is 0 Å². The van der Waals surface area contributed by atoms with Gasteiger partial charge in [0.2, 0.25) is 5.88 Å². The molecule has 0 unspecified atom stereocenters. The third-order valence-electron chi connectivity index (χ3n) is 2.91. The van der Waals surface area contributed by atoms with Crippen LogP contribution in [0.25, 0.3) is 10.8 Å². The zero-order valence-corrected chi connectivity index (χ0v) is 13.4. The van der Waals surface area contributed by atoms with Gasteiger partial charge in [-0.3, -0.25) is 0 Å². The molecule has 4 heteroatoms. The van der Waals surface area contributed by atoms with E-state index in [-0.39, 0.29) is 0 Å². The monoisotopic (exact) mass is 395 g/mol. The third-order valence-corrected chi connectivity index (χ3v) is 3.85. The zero-order valence-electron chi connectivity index (χ0n) is 10.5. The summed E-state index contributed by atoms with van der Waals surface area (Å²) in [7, 11) is 0. The lowest BCUT2D eigenvalue weighted by atomic mass is 10.1. The first kappa shape index (κ1) is 13.6. The minimum atomic E-state index is 0.369. The lowest BCUT2D eigenvalue weighted by molar-refractivity contribution is 0.467. The lowest BCUT2D eigenvalue weighted by Gasteiger charge is -2.10. The summed E-state index contributed by atoms with van der Waals surface area (Å²) in [6, 6.07) is 17.9. The second-order valence-electron chi connectivity index (χ2n) is 4.33. The van der Waals surface area contributed by atoms with E-state index in [9.17, 15) is 0 Å². The van der Waals surface area contributed by atoms with E-state index in [0.29, 0.717) is 11.8 Å². The average Bonchev–Trinajstić information content (AvgIpc) is 2.47. The van der Waals surface area contributed by atoms with Gasteiger partial charge in [-0.25, -0.2) is 4.98 Å². The number of hydrogen-bond donors (Lipinski definition) is 0. The Hall–Kier alpha value is -1.33. The Labute approximate surface area is 135 Å². The van der Waals surface area contributed by atoms with Gasteiger partial charge in [-0.1, -0.05) is 24.3 Å². The predicted octanol–water partition coefficient (Wildman–Crippen LogP) is 5.37. The van der Waals surface area contributed by atoms with Crippen LogP contribution in [-0.4, -0.2) is 4.98 Å². The second kappa shape index (κ2) is 5.97. The van der Waals surface area contributed by atoms with E-state index in [1.54, 1.807) is 0 Å². The molecule has 100 valence electrons. The topological polar surface area (TPSA) is 22.1 Å². The molecule has 3 aromatic rings. The van der Waals surface area contributed by atoms with Gasteiger partial charge in [-0.2, -0.15) is 0 Å². The van der Waals surface area contributed by atoms with Crippen LogP contribution < -0.4 is 4.74 Å². The SMILES string of the molecule is ClCc1cc2ccccc2c(Oc2cccc(I)c2)n1. The molecule has 0 N–H and O–H groups in total. The van der Waals surface area contributed by atoms with Crippen LogP contribution in [0.1, 0.15) is 5.69 Å². The molecule has 1 aromatic heterocycles. The van der Waals surface area contributed by atoms with E-state index in [1.165, 1.54) is 0 Å². The van der Waals surface area contributed by atoms with Gasteiger partial charge in [0.05, 0.1) is 11.6 Å². The van der Waals surface area contributed by atoms with Crippen molar-refractivity contribution in [2.45, 2.75) is 5.88 Å². The first-order chi connectivity index (χ1) is 9.76. The summed E-state index contributed by atoms with van der Waals surface area (Å²) < 4.78 is 7.06. The van der Waals surface area contributed by atoms with Crippen molar-refractivity contribution >= 4 is 45.0 Å². The quantitative estimate of drug-likeness (QED) is 0.439. The molecule has 2 aromatic carbocycles. The molecule has 2 nitrogen and oxygen atoms in total. The van der Waals surface area contributed by atoms with Crippen LogP contribution in [0.4, 0.5) is 0 Å². The van der Waals surface area contributed by atoms with Crippen LogP contribution in [0.2, 0.25) is 0 Å². The molecule has 0 atom stereocenters. The lowest BCUT2D eigenvalue weighted by Crippen LogP contribution is -1.94.